The summed E-state index contributed by atoms with van der Waals surface area (Å²) in [6, 6.07) is 0.405. The smallest absolute Gasteiger partial charge is 0.229 e. The van der Waals surface area contributed by atoms with Gasteiger partial charge < -0.3 is 15.5 Å². The van der Waals surface area contributed by atoms with E-state index in [1.165, 1.54) is 0 Å². The van der Waals surface area contributed by atoms with Crippen molar-refractivity contribution in [2.24, 2.45) is 7.05 Å². The Morgan fingerprint density at radius 2 is 2.32 bits per heavy atom. The highest BCUT2D eigenvalue weighted by molar-refractivity contribution is 6.32. The first-order valence-corrected chi connectivity index (χ1v) is 8.63. The summed E-state index contributed by atoms with van der Waals surface area (Å²) in [6.07, 6.45) is 7.42. The third-order valence-electron chi connectivity index (χ3n) is 4.21. The molecule has 8 nitrogen and oxygen atoms in total. The third-order valence-corrected chi connectivity index (χ3v) is 4.48. The highest BCUT2D eigenvalue weighted by Gasteiger charge is 2.24. The van der Waals surface area contributed by atoms with Gasteiger partial charge in [-0.2, -0.15) is 10.1 Å². The van der Waals surface area contributed by atoms with Gasteiger partial charge in [-0.15, -0.1) is 0 Å². The van der Waals surface area contributed by atoms with Gasteiger partial charge >= 0.3 is 0 Å². The number of aromatic nitrogens is 4. The fourth-order valence-electron chi connectivity index (χ4n) is 2.98. The second kappa shape index (κ2) is 8.14. The van der Waals surface area contributed by atoms with Gasteiger partial charge in [0.2, 0.25) is 12.5 Å². The van der Waals surface area contributed by atoms with Crippen molar-refractivity contribution >= 4 is 29.1 Å². The van der Waals surface area contributed by atoms with Crippen molar-refractivity contribution in [2.45, 2.75) is 18.9 Å². The van der Waals surface area contributed by atoms with Gasteiger partial charge in [0, 0.05) is 25.8 Å². The summed E-state index contributed by atoms with van der Waals surface area (Å²) < 4.78 is 1.70. The predicted octanol–water partition coefficient (Wildman–Crippen LogP) is 2.40. The van der Waals surface area contributed by atoms with Crippen molar-refractivity contribution in [3.63, 3.8) is 0 Å². The van der Waals surface area contributed by atoms with Crippen molar-refractivity contribution in [3.8, 4) is 0 Å². The monoisotopic (exact) mass is 360 g/mol. The molecule has 0 aliphatic carbocycles. The molecule has 3 heterocycles. The summed E-state index contributed by atoms with van der Waals surface area (Å²) >= 11 is 6.22. The molecule has 0 saturated carbocycles. The fourth-order valence-corrected chi connectivity index (χ4v) is 3.14. The molecule has 1 fully saturated rings. The minimum Gasteiger partial charge on any atom is -0.367 e. The van der Waals surface area contributed by atoms with Crippen molar-refractivity contribution in [2.75, 3.05) is 36.8 Å². The van der Waals surface area contributed by atoms with Crippen LogP contribution >= 0.6 is 11.6 Å². The van der Waals surface area contributed by atoms with E-state index in [1.54, 1.807) is 17.1 Å². The van der Waals surface area contributed by atoms with Crippen molar-refractivity contribution in [3.05, 3.63) is 35.0 Å². The van der Waals surface area contributed by atoms with E-state index in [9.17, 15) is 0 Å². The van der Waals surface area contributed by atoms with Gasteiger partial charge in [0.1, 0.15) is 5.02 Å². The summed E-state index contributed by atoms with van der Waals surface area (Å²) in [5.74, 6) is 1.08. The van der Waals surface area contributed by atoms with E-state index in [4.69, 9.17) is 18.2 Å². The largest absolute Gasteiger partial charge is 0.367 e. The molecule has 0 bridgehead atoms. The van der Waals surface area contributed by atoms with E-state index in [-0.39, 0.29) is 0 Å². The number of hydrogen-bond acceptors (Lipinski definition) is 6. The Balaban J connectivity index is 1.62. The van der Waals surface area contributed by atoms with E-state index in [0.29, 0.717) is 29.4 Å². The second-order valence-corrected chi connectivity index (χ2v) is 6.42. The molecule has 2 aromatic rings. The molecule has 1 aliphatic heterocycles. The quantitative estimate of drug-likeness (QED) is 0.738. The molecule has 2 aromatic heterocycles. The Hall–Kier alpha value is -2.37. The lowest BCUT2D eigenvalue weighted by molar-refractivity contribution is 0.275. The fraction of sp³-hybridized carbons (Fsp3) is 0.500. The summed E-state index contributed by atoms with van der Waals surface area (Å²) in [4.78, 5) is 14.5. The molecule has 0 unspecified atom stereocenters. The lowest BCUT2D eigenvalue weighted by Crippen LogP contribution is -2.36. The zero-order valence-corrected chi connectivity index (χ0v) is 14.9. The molecule has 0 amide bonds. The Morgan fingerprint density at radius 3 is 3.08 bits per heavy atom. The van der Waals surface area contributed by atoms with Gasteiger partial charge in [-0.3, -0.25) is 9.58 Å². The molecule has 1 aliphatic rings. The van der Waals surface area contributed by atoms with E-state index in [1.807, 2.05) is 13.2 Å². The van der Waals surface area contributed by atoms with E-state index < -0.39 is 0 Å². The zero-order chi connectivity index (χ0) is 17.6. The van der Waals surface area contributed by atoms with Crippen LogP contribution in [-0.4, -0.2) is 56.9 Å². The van der Waals surface area contributed by atoms with Crippen LogP contribution in [0.15, 0.2) is 18.6 Å². The van der Waals surface area contributed by atoms with Gasteiger partial charge in [-0.05, 0) is 19.4 Å². The molecule has 25 heavy (non-hydrogen) atoms. The SMILES string of the molecule is [C-]#[N+]CCN1CCC[C@@H]1CNc1nc(Nc2cnn(C)c2)ncc1Cl. The van der Waals surface area contributed by atoms with Crippen LogP contribution in [0.5, 0.6) is 0 Å². The standard InChI is InChI=1S/C16H21ClN8/c1-18-5-7-25-6-3-4-13(25)9-19-15-14(17)10-20-16(23-15)22-12-8-21-24(2)11-12/h8,10-11,13H,3-7,9H2,2H3,(H2,19,20,22,23)/t13-/m1/s1. The average Bonchev–Trinajstić information content (AvgIpc) is 3.22. The number of halogens is 1. The molecule has 0 radical (unpaired) electrons. The zero-order valence-electron chi connectivity index (χ0n) is 14.1. The summed E-state index contributed by atoms with van der Waals surface area (Å²) in [5.41, 5.74) is 0.817. The number of aryl methyl sites for hydroxylation is 1. The highest BCUT2D eigenvalue weighted by Crippen LogP contribution is 2.23. The van der Waals surface area contributed by atoms with E-state index in [0.717, 1.165) is 38.2 Å². The lowest BCUT2D eigenvalue weighted by atomic mass is 10.2. The summed E-state index contributed by atoms with van der Waals surface area (Å²) in [6.45, 7) is 10.1. The van der Waals surface area contributed by atoms with Crippen LogP contribution in [0.1, 0.15) is 12.8 Å². The van der Waals surface area contributed by atoms with E-state index in [2.05, 4.69) is 35.4 Å². The molecule has 2 N–H and O–H groups in total. The number of hydrogen-bond donors (Lipinski definition) is 2. The maximum atomic E-state index is 6.95. The number of rotatable bonds is 7. The molecule has 3 rings (SSSR count). The Labute approximate surface area is 152 Å². The highest BCUT2D eigenvalue weighted by atomic mass is 35.5. The third kappa shape index (κ3) is 4.59. The number of nitrogens with zero attached hydrogens (tertiary/aromatic N) is 6. The minimum atomic E-state index is 0.405. The molecule has 0 spiro atoms. The summed E-state index contributed by atoms with van der Waals surface area (Å²) in [7, 11) is 1.85. The topological polar surface area (TPSA) is 75.3 Å². The van der Waals surface area contributed by atoms with Crippen LogP contribution in [0.4, 0.5) is 17.5 Å². The molecule has 1 atom stereocenters. The van der Waals surface area contributed by atoms with Crippen molar-refractivity contribution < 1.29 is 0 Å². The Morgan fingerprint density at radius 1 is 1.44 bits per heavy atom. The van der Waals surface area contributed by atoms with Crippen LogP contribution in [-0.2, 0) is 7.05 Å². The minimum absolute atomic E-state index is 0.405. The predicted molar refractivity (Wildman–Crippen MR) is 98.1 cm³/mol. The molecule has 0 aromatic carbocycles. The number of anilines is 3. The van der Waals surface area contributed by atoms with Crippen molar-refractivity contribution in [1.82, 2.24) is 24.6 Å². The Kier molecular flexibility index (Phi) is 5.68. The molecule has 132 valence electrons. The van der Waals surface area contributed by atoms with Gasteiger partial charge in [-0.25, -0.2) is 11.6 Å². The Bertz CT molecular complexity index is 753. The van der Waals surface area contributed by atoms with E-state index >= 15 is 0 Å². The molecule has 9 heteroatoms. The van der Waals surface area contributed by atoms with Gasteiger partial charge in [0.05, 0.1) is 24.6 Å². The second-order valence-electron chi connectivity index (χ2n) is 6.01. The number of nitrogens with one attached hydrogen (secondary N) is 2. The van der Waals surface area contributed by atoms with Gasteiger partial charge in [0.25, 0.3) is 0 Å². The summed E-state index contributed by atoms with van der Waals surface area (Å²) in [5, 5.41) is 11.0. The first-order chi connectivity index (χ1) is 12.2. The first kappa shape index (κ1) is 17.5. The average molecular weight is 361 g/mol. The van der Waals surface area contributed by atoms with Crippen LogP contribution in [0.25, 0.3) is 4.85 Å². The lowest BCUT2D eigenvalue weighted by Gasteiger charge is -2.23. The van der Waals surface area contributed by atoms with Crippen molar-refractivity contribution in [1.29, 1.82) is 0 Å². The molecular weight excluding hydrogens is 340 g/mol. The molecular formula is C16H21ClN8. The van der Waals surface area contributed by atoms with Crippen LogP contribution in [0.2, 0.25) is 5.02 Å². The van der Waals surface area contributed by atoms with Crippen LogP contribution < -0.4 is 10.6 Å². The van der Waals surface area contributed by atoms with Crippen LogP contribution in [0.3, 0.4) is 0 Å². The first-order valence-electron chi connectivity index (χ1n) is 8.25. The maximum absolute atomic E-state index is 6.95. The van der Waals surface area contributed by atoms with Crippen LogP contribution in [0, 0.1) is 6.57 Å². The number of likely N-dealkylation sites (tertiary alicyclic amines) is 1. The normalized spacial score (nSPS) is 17.4. The van der Waals surface area contributed by atoms with Gasteiger partial charge in [0.15, 0.2) is 5.82 Å². The molecule has 1 saturated heterocycles. The van der Waals surface area contributed by atoms with Gasteiger partial charge in [-0.1, -0.05) is 11.6 Å². The maximum Gasteiger partial charge on any atom is 0.229 e.